The smallest absolute Gasteiger partial charge is 0.157 e. The van der Waals surface area contributed by atoms with Gasteiger partial charge in [-0.15, -0.1) is 0 Å². The third kappa shape index (κ3) is 3.22. The van der Waals surface area contributed by atoms with Gasteiger partial charge in [0.05, 0.1) is 18.9 Å². The Kier molecular flexibility index (Phi) is 4.69. The van der Waals surface area contributed by atoms with Crippen LogP contribution in [-0.2, 0) is 4.74 Å². The number of hydrogen-bond acceptors (Lipinski definition) is 5. The fraction of sp³-hybridized carbons (Fsp3) is 0.217. The molecule has 0 spiro atoms. The number of pyridine rings is 1. The van der Waals surface area contributed by atoms with Crippen LogP contribution in [0, 0.1) is 12.7 Å². The quantitative estimate of drug-likeness (QED) is 0.538. The summed E-state index contributed by atoms with van der Waals surface area (Å²) in [6, 6.07) is 15.5. The molecule has 0 radical (unpaired) electrons. The SMILES string of the molecule is Cc1nc2ccc(-c3ccnc(N)c3)c(F)c2n1-c1ccc(C2CCOCN2)cc1. The van der Waals surface area contributed by atoms with Gasteiger partial charge in [0, 0.05) is 23.5 Å². The number of nitrogen functional groups attached to an aromatic ring is 1. The monoisotopic (exact) mass is 403 g/mol. The van der Waals surface area contributed by atoms with E-state index in [1.165, 1.54) is 5.56 Å². The van der Waals surface area contributed by atoms with E-state index >= 15 is 4.39 Å². The molecule has 0 amide bonds. The molecule has 2 aromatic carbocycles. The highest BCUT2D eigenvalue weighted by molar-refractivity contribution is 5.85. The van der Waals surface area contributed by atoms with E-state index in [9.17, 15) is 0 Å². The lowest BCUT2D eigenvalue weighted by atomic mass is 10.0. The van der Waals surface area contributed by atoms with Crippen LogP contribution in [-0.4, -0.2) is 27.9 Å². The Bertz CT molecular complexity index is 1210. The van der Waals surface area contributed by atoms with Gasteiger partial charge in [0.1, 0.15) is 17.2 Å². The van der Waals surface area contributed by atoms with Gasteiger partial charge in [0.2, 0.25) is 0 Å². The molecule has 1 aliphatic rings. The Morgan fingerprint density at radius 1 is 1.17 bits per heavy atom. The van der Waals surface area contributed by atoms with E-state index in [0.717, 1.165) is 24.5 Å². The van der Waals surface area contributed by atoms with Gasteiger partial charge in [-0.2, -0.15) is 0 Å². The first kappa shape index (κ1) is 18.7. The van der Waals surface area contributed by atoms with Gasteiger partial charge in [-0.3, -0.25) is 9.88 Å². The normalized spacial score (nSPS) is 16.8. The van der Waals surface area contributed by atoms with Crippen LogP contribution in [0.2, 0.25) is 0 Å². The van der Waals surface area contributed by atoms with Gasteiger partial charge < -0.3 is 10.5 Å². The number of aromatic nitrogens is 3. The number of ether oxygens (including phenoxy) is 1. The number of aryl methyl sites for hydroxylation is 1. The Morgan fingerprint density at radius 3 is 2.73 bits per heavy atom. The molecule has 152 valence electrons. The summed E-state index contributed by atoms with van der Waals surface area (Å²) in [5, 5.41) is 3.35. The molecule has 7 heteroatoms. The lowest BCUT2D eigenvalue weighted by Crippen LogP contribution is -2.30. The van der Waals surface area contributed by atoms with Gasteiger partial charge in [0.15, 0.2) is 5.82 Å². The predicted octanol–water partition coefficient (Wildman–Crippen LogP) is 4.13. The van der Waals surface area contributed by atoms with Crippen molar-refractivity contribution in [3.8, 4) is 16.8 Å². The first-order chi connectivity index (χ1) is 14.6. The van der Waals surface area contributed by atoms with Gasteiger partial charge in [-0.1, -0.05) is 12.1 Å². The van der Waals surface area contributed by atoms with Crippen molar-refractivity contribution in [2.45, 2.75) is 19.4 Å². The summed E-state index contributed by atoms with van der Waals surface area (Å²) in [6.07, 6.45) is 2.51. The number of fused-ring (bicyclic) bond motifs is 1. The summed E-state index contributed by atoms with van der Waals surface area (Å²) in [7, 11) is 0. The van der Waals surface area contributed by atoms with E-state index < -0.39 is 0 Å². The molecule has 3 N–H and O–H groups in total. The number of nitrogens with two attached hydrogens (primary N) is 1. The second-order valence-corrected chi connectivity index (χ2v) is 7.45. The summed E-state index contributed by atoms with van der Waals surface area (Å²) >= 11 is 0. The summed E-state index contributed by atoms with van der Waals surface area (Å²) in [5.41, 5.74) is 10.1. The molecule has 1 atom stereocenters. The largest absolute Gasteiger partial charge is 0.384 e. The fourth-order valence-corrected chi connectivity index (χ4v) is 4.07. The number of benzene rings is 2. The average molecular weight is 403 g/mol. The minimum Gasteiger partial charge on any atom is -0.384 e. The van der Waals surface area contributed by atoms with Crippen molar-refractivity contribution in [2.75, 3.05) is 19.1 Å². The molecule has 1 aliphatic heterocycles. The molecule has 1 fully saturated rings. The van der Waals surface area contributed by atoms with Crippen molar-refractivity contribution in [2.24, 2.45) is 0 Å². The molecular weight excluding hydrogens is 381 g/mol. The number of nitrogens with zero attached hydrogens (tertiary/aromatic N) is 3. The Hall–Kier alpha value is -3.29. The topological polar surface area (TPSA) is 78.0 Å². The molecule has 30 heavy (non-hydrogen) atoms. The Balaban J connectivity index is 1.60. The Labute approximate surface area is 173 Å². The molecule has 0 saturated carbocycles. The first-order valence-electron chi connectivity index (χ1n) is 9.93. The maximum atomic E-state index is 15.7. The van der Waals surface area contributed by atoms with Crippen LogP contribution in [0.25, 0.3) is 27.8 Å². The van der Waals surface area contributed by atoms with Crippen molar-refractivity contribution in [1.82, 2.24) is 19.9 Å². The van der Waals surface area contributed by atoms with Crippen molar-refractivity contribution < 1.29 is 9.13 Å². The van der Waals surface area contributed by atoms with E-state index in [0.29, 0.717) is 34.7 Å². The lowest BCUT2D eigenvalue weighted by molar-refractivity contribution is 0.0612. The highest BCUT2D eigenvalue weighted by atomic mass is 19.1. The van der Waals surface area contributed by atoms with Crippen molar-refractivity contribution in [1.29, 1.82) is 0 Å². The highest BCUT2D eigenvalue weighted by Gasteiger charge is 2.19. The van der Waals surface area contributed by atoms with Gasteiger partial charge in [-0.05, 0) is 60.9 Å². The summed E-state index contributed by atoms with van der Waals surface area (Å²) in [4.78, 5) is 8.57. The summed E-state index contributed by atoms with van der Waals surface area (Å²) in [5.74, 6) is 0.759. The molecular formula is C23H22FN5O. The van der Waals surface area contributed by atoms with Crippen LogP contribution < -0.4 is 11.1 Å². The highest BCUT2D eigenvalue weighted by Crippen LogP contribution is 2.32. The Morgan fingerprint density at radius 2 is 2.00 bits per heavy atom. The van der Waals surface area contributed by atoms with Crippen LogP contribution in [0.3, 0.4) is 0 Å². The van der Waals surface area contributed by atoms with Crippen LogP contribution in [0.5, 0.6) is 0 Å². The number of imidazole rings is 1. The van der Waals surface area contributed by atoms with Crippen LogP contribution in [0.1, 0.15) is 23.9 Å². The second kappa shape index (κ2) is 7.51. The minimum atomic E-state index is -0.325. The molecule has 1 unspecified atom stereocenters. The summed E-state index contributed by atoms with van der Waals surface area (Å²) in [6.45, 7) is 3.20. The maximum Gasteiger partial charge on any atom is 0.157 e. The number of anilines is 1. The molecule has 0 aliphatic carbocycles. The van der Waals surface area contributed by atoms with E-state index in [4.69, 9.17) is 10.5 Å². The van der Waals surface area contributed by atoms with Crippen molar-refractivity contribution in [3.63, 3.8) is 0 Å². The molecule has 2 aromatic heterocycles. The van der Waals surface area contributed by atoms with E-state index in [2.05, 4.69) is 27.4 Å². The van der Waals surface area contributed by atoms with Gasteiger partial charge in [0.25, 0.3) is 0 Å². The third-order valence-corrected chi connectivity index (χ3v) is 5.55. The van der Waals surface area contributed by atoms with E-state index in [1.54, 1.807) is 24.4 Å². The second-order valence-electron chi connectivity index (χ2n) is 7.45. The number of rotatable bonds is 3. The van der Waals surface area contributed by atoms with Crippen molar-refractivity contribution >= 4 is 16.9 Å². The zero-order valence-electron chi connectivity index (χ0n) is 16.6. The van der Waals surface area contributed by atoms with Crippen LogP contribution in [0.4, 0.5) is 10.2 Å². The molecule has 1 saturated heterocycles. The minimum absolute atomic E-state index is 0.272. The molecule has 5 rings (SSSR count). The van der Waals surface area contributed by atoms with E-state index in [1.807, 2.05) is 29.7 Å². The third-order valence-electron chi connectivity index (χ3n) is 5.55. The molecule has 0 bridgehead atoms. The number of halogens is 1. The average Bonchev–Trinajstić information content (AvgIpc) is 3.11. The van der Waals surface area contributed by atoms with Crippen LogP contribution >= 0.6 is 0 Å². The number of hydrogen-bond donors (Lipinski definition) is 2. The van der Waals surface area contributed by atoms with Gasteiger partial charge in [-0.25, -0.2) is 14.4 Å². The molecule has 6 nitrogen and oxygen atoms in total. The molecule has 4 aromatic rings. The standard InChI is InChI=1S/C23H22FN5O/c1-14-28-20-7-6-18(16-8-10-26-21(25)12-16)22(24)23(20)29(14)17-4-2-15(3-5-17)19-9-11-30-13-27-19/h2-8,10,12,19,27H,9,11,13H2,1H3,(H2,25,26). The van der Waals surface area contributed by atoms with E-state index in [-0.39, 0.29) is 11.9 Å². The number of nitrogens with one attached hydrogen (secondary N) is 1. The molecule has 3 heterocycles. The van der Waals surface area contributed by atoms with Crippen molar-refractivity contribution in [3.05, 3.63) is 71.9 Å². The predicted molar refractivity (Wildman–Crippen MR) is 115 cm³/mol. The lowest BCUT2D eigenvalue weighted by Gasteiger charge is -2.24. The maximum absolute atomic E-state index is 15.7. The zero-order chi connectivity index (χ0) is 20.7. The fourth-order valence-electron chi connectivity index (χ4n) is 4.07. The van der Waals surface area contributed by atoms with Gasteiger partial charge >= 0.3 is 0 Å². The van der Waals surface area contributed by atoms with Crippen LogP contribution in [0.15, 0.2) is 54.7 Å². The zero-order valence-corrected chi connectivity index (χ0v) is 16.6. The summed E-state index contributed by atoms with van der Waals surface area (Å²) < 4.78 is 22.9. The first-order valence-corrected chi connectivity index (χ1v) is 9.93.